The summed E-state index contributed by atoms with van der Waals surface area (Å²) in [5.41, 5.74) is -0.0795. The minimum Gasteiger partial charge on any atom is -0.479 e. The molecular formula is C12H21NO3. The van der Waals surface area contributed by atoms with Crippen LogP contribution in [0.15, 0.2) is 0 Å². The number of methoxy groups -OCH3 is 1. The summed E-state index contributed by atoms with van der Waals surface area (Å²) in [7, 11) is 3.65. The molecule has 2 unspecified atom stereocenters. The highest BCUT2D eigenvalue weighted by molar-refractivity contribution is 5.74. The van der Waals surface area contributed by atoms with Crippen LogP contribution in [0.25, 0.3) is 0 Å². The van der Waals surface area contributed by atoms with Gasteiger partial charge in [0.2, 0.25) is 0 Å². The molecule has 4 heteroatoms. The van der Waals surface area contributed by atoms with Crippen molar-refractivity contribution in [2.24, 2.45) is 5.41 Å². The minimum atomic E-state index is -0.805. The number of hydrogen-bond donors (Lipinski definition) is 1. The number of nitrogens with zero attached hydrogens (tertiary/aromatic N) is 1. The quantitative estimate of drug-likeness (QED) is 0.770. The Labute approximate surface area is 96.6 Å². The Balaban J connectivity index is 1.99. The van der Waals surface area contributed by atoms with E-state index in [0.717, 1.165) is 25.8 Å². The highest BCUT2D eigenvalue weighted by Gasteiger charge is 2.54. The van der Waals surface area contributed by atoms with Crippen molar-refractivity contribution in [1.29, 1.82) is 0 Å². The molecule has 2 rings (SSSR count). The summed E-state index contributed by atoms with van der Waals surface area (Å²) in [6.45, 7) is 1.14. The Morgan fingerprint density at radius 2 is 2.31 bits per heavy atom. The van der Waals surface area contributed by atoms with Gasteiger partial charge in [0.25, 0.3) is 0 Å². The van der Waals surface area contributed by atoms with Crippen molar-refractivity contribution < 1.29 is 14.6 Å². The van der Waals surface area contributed by atoms with Crippen LogP contribution in [-0.4, -0.2) is 48.8 Å². The van der Waals surface area contributed by atoms with E-state index < -0.39 is 12.1 Å². The molecule has 1 saturated carbocycles. The smallest absolute Gasteiger partial charge is 0.333 e. The standard InChI is InChI=1S/C12H21NO3/c1-13-7-3-4-9(13)8-12(5-6-12)10(16-2)11(14)15/h9-10H,3-8H2,1-2H3,(H,14,15). The average Bonchev–Trinajstić information content (AvgIpc) is 2.87. The van der Waals surface area contributed by atoms with Crippen LogP contribution >= 0.6 is 0 Å². The Kier molecular flexibility index (Phi) is 3.22. The van der Waals surface area contributed by atoms with Crippen molar-refractivity contribution in [2.45, 2.75) is 44.2 Å². The third-order valence-electron chi connectivity index (χ3n) is 4.22. The van der Waals surface area contributed by atoms with Gasteiger partial charge >= 0.3 is 5.97 Å². The second kappa shape index (κ2) is 4.34. The zero-order chi connectivity index (χ0) is 11.8. The summed E-state index contributed by atoms with van der Waals surface area (Å²) >= 11 is 0. The van der Waals surface area contributed by atoms with E-state index in [0.29, 0.717) is 6.04 Å². The first-order valence-corrected chi connectivity index (χ1v) is 6.05. The molecule has 0 spiro atoms. The van der Waals surface area contributed by atoms with Crippen molar-refractivity contribution in [3.05, 3.63) is 0 Å². The highest BCUT2D eigenvalue weighted by Crippen LogP contribution is 2.54. The van der Waals surface area contributed by atoms with Gasteiger partial charge in [0.1, 0.15) is 0 Å². The fourth-order valence-electron chi connectivity index (χ4n) is 3.05. The number of carbonyl (C=O) groups is 1. The number of rotatable bonds is 5. The molecule has 92 valence electrons. The number of carboxylic acid groups (broad SMARTS) is 1. The number of hydrogen-bond acceptors (Lipinski definition) is 3. The minimum absolute atomic E-state index is 0.0795. The summed E-state index contributed by atoms with van der Waals surface area (Å²) in [6, 6.07) is 0.555. The molecule has 2 fully saturated rings. The van der Waals surface area contributed by atoms with E-state index in [-0.39, 0.29) is 5.41 Å². The van der Waals surface area contributed by atoms with E-state index in [2.05, 4.69) is 11.9 Å². The van der Waals surface area contributed by atoms with Gasteiger partial charge in [0, 0.05) is 18.6 Å². The molecule has 0 radical (unpaired) electrons. The molecule has 0 aromatic carbocycles. The van der Waals surface area contributed by atoms with Gasteiger partial charge in [-0.25, -0.2) is 4.79 Å². The van der Waals surface area contributed by atoms with Crippen LogP contribution in [0.2, 0.25) is 0 Å². The molecule has 2 aliphatic rings. The number of carboxylic acids is 1. The lowest BCUT2D eigenvalue weighted by Crippen LogP contribution is -2.38. The van der Waals surface area contributed by atoms with Gasteiger partial charge in [0.05, 0.1) is 0 Å². The van der Waals surface area contributed by atoms with E-state index >= 15 is 0 Å². The summed E-state index contributed by atoms with van der Waals surface area (Å²) in [5, 5.41) is 9.15. The first-order chi connectivity index (χ1) is 7.59. The SMILES string of the molecule is COC(C(=O)O)C1(CC2CCCN2C)CC1. The van der Waals surface area contributed by atoms with Gasteiger partial charge in [0.15, 0.2) is 6.10 Å². The maximum Gasteiger partial charge on any atom is 0.333 e. The summed E-state index contributed by atoms with van der Waals surface area (Å²) in [6.07, 6.45) is 4.82. The van der Waals surface area contributed by atoms with Crippen molar-refractivity contribution in [3.63, 3.8) is 0 Å². The highest BCUT2D eigenvalue weighted by atomic mass is 16.5. The first-order valence-electron chi connectivity index (χ1n) is 6.05. The van der Waals surface area contributed by atoms with Crippen LogP contribution in [0.4, 0.5) is 0 Å². The van der Waals surface area contributed by atoms with Gasteiger partial charge in [-0.3, -0.25) is 0 Å². The monoisotopic (exact) mass is 227 g/mol. The lowest BCUT2D eigenvalue weighted by molar-refractivity contribution is -0.153. The molecule has 4 nitrogen and oxygen atoms in total. The van der Waals surface area contributed by atoms with Gasteiger partial charge in [-0.1, -0.05) is 0 Å². The zero-order valence-electron chi connectivity index (χ0n) is 10.1. The van der Waals surface area contributed by atoms with Crippen LogP contribution < -0.4 is 0 Å². The normalized spacial score (nSPS) is 30.2. The molecule has 0 bridgehead atoms. The van der Waals surface area contributed by atoms with E-state index in [1.807, 2.05) is 0 Å². The topological polar surface area (TPSA) is 49.8 Å². The van der Waals surface area contributed by atoms with E-state index in [1.165, 1.54) is 20.0 Å². The van der Waals surface area contributed by atoms with Crippen LogP contribution in [0.1, 0.15) is 32.1 Å². The lowest BCUT2D eigenvalue weighted by Gasteiger charge is -2.28. The number of aliphatic carboxylic acids is 1. The van der Waals surface area contributed by atoms with Crippen molar-refractivity contribution in [1.82, 2.24) is 4.90 Å². The van der Waals surface area contributed by atoms with Gasteiger partial charge in [-0.2, -0.15) is 0 Å². The number of likely N-dealkylation sites (tertiary alicyclic amines) is 1. The Hall–Kier alpha value is -0.610. The molecule has 0 amide bonds. The molecule has 1 heterocycles. The molecule has 0 aromatic heterocycles. The molecule has 1 saturated heterocycles. The largest absolute Gasteiger partial charge is 0.479 e. The zero-order valence-corrected chi connectivity index (χ0v) is 10.1. The fraction of sp³-hybridized carbons (Fsp3) is 0.917. The van der Waals surface area contributed by atoms with Crippen LogP contribution in [0.3, 0.4) is 0 Å². The molecule has 1 aliphatic heterocycles. The number of ether oxygens (including phenoxy) is 1. The first kappa shape index (κ1) is 11.9. The molecule has 0 aromatic rings. The third-order valence-corrected chi connectivity index (χ3v) is 4.22. The Morgan fingerprint density at radius 3 is 2.69 bits per heavy atom. The molecule has 2 atom stereocenters. The van der Waals surface area contributed by atoms with Gasteiger partial charge < -0.3 is 14.7 Å². The van der Waals surface area contributed by atoms with Gasteiger partial charge in [-0.15, -0.1) is 0 Å². The van der Waals surface area contributed by atoms with E-state index in [9.17, 15) is 4.79 Å². The molecule has 16 heavy (non-hydrogen) atoms. The third kappa shape index (κ3) is 2.09. The second-order valence-corrected chi connectivity index (χ2v) is 5.30. The van der Waals surface area contributed by atoms with Crippen LogP contribution in [0.5, 0.6) is 0 Å². The van der Waals surface area contributed by atoms with Crippen LogP contribution in [0, 0.1) is 5.41 Å². The van der Waals surface area contributed by atoms with E-state index in [1.54, 1.807) is 0 Å². The Morgan fingerprint density at radius 1 is 1.62 bits per heavy atom. The Bertz CT molecular complexity index is 275. The predicted molar refractivity (Wildman–Crippen MR) is 60.4 cm³/mol. The molecule has 1 aliphatic carbocycles. The summed E-state index contributed by atoms with van der Waals surface area (Å²) in [5.74, 6) is -0.805. The maximum atomic E-state index is 11.1. The van der Waals surface area contributed by atoms with Gasteiger partial charge in [-0.05, 0) is 45.7 Å². The second-order valence-electron chi connectivity index (χ2n) is 5.30. The maximum absolute atomic E-state index is 11.1. The molecular weight excluding hydrogens is 206 g/mol. The van der Waals surface area contributed by atoms with Crippen molar-refractivity contribution in [2.75, 3.05) is 20.7 Å². The van der Waals surface area contributed by atoms with Crippen molar-refractivity contribution in [3.8, 4) is 0 Å². The summed E-state index contributed by atoms with van der Waals surface area (Å²) in [4.78, 5) is 13.5. The molecule has 1 N–H and O–H groups in total. The average molecular weight is 227 g/mol. The predicted octanol–water partition coefficient (Wildman–Crippen LogP) is 1.35. The van der Waals surface area contributed by atoms with E-state index in [4.69, 9.17) is 9.84 Å². The van der Waals surface area contributed by atoms with Crippen molar-refractivity contribution >= 4 is 5.97 Å². The van der Waals surface area contributed by atoms with Crippen LogP contribution in [-0.2, 0) is 9.53 Å². The lowest BCUT2D eigenvalue weighted by atomic mass is 9.89. The fourth-order valence-corrected chi connectivity index (χ4v) is 3.05. The summed E-state index contributed by atoms with van der Waals surface area (Å²) < 4.78 is 5.17.